The van der Waals surface area contributed by atoms with Crippen LogP contribution in [0.4, 0.5) is 0 Å². The molecule has 10 nitrogen and oxygen atoms in total. The highest BCUT2D eigenvalue weighted by atomic mass is 35.5. The van der Waals surface area contributed by atoms with Crippen molar-refractivity contribution in [2.75, 3.05) is 13.2 Å². The Morgan fingerprint density at radius 2 is 1.87 bits per heavy atom. The second-order valence-corrected chi connectivity index (χ2v) is 10.2. The number of rotatable bonds is 12. The lowest BCUT2D eigenvalue weighted by molar-refractivity contribution is 0.328. The fourth-order valence-corrected chi connectivity index (χ4v) is 5.86. The molecule has 0 bridgehead atoms. The first-order valence-electron chi connectivity index (χ1n) is 11.3. The van der Waals surface area contributed by atoms with Gasteiger partial charge in [0.2, 0.25) is 0 Å². The number of ether oxygens (including phenoxy) is 1. The van der Waals surface area contributed by atoms with E-state index in [4.69, 9.17) is 38.0 Å². The first kappa shape index (κ1) is 27.2. The molecule has 38 heavy (non-hydrogen) atoms. The van der Waals surface area contributed by atoms with E-state index in [-0.39, 0.29) is 18.5 Å². The summed E-state index contributed by atoms with van der Waals surface area (Å²) in [4.78, 5) is 15.1. The molecule has 3 aromatic rings. The Hall–Kier alpha value is -3.87. The molecule has 0 amide bonds. The van der Waals surface area contributed by atoms with Gasteiger partial charge in [0.15, 0.2) is 5.82 Å². The third-order valence-corrected chi connectivity index (χ3v) is 7.82. The lowest BCUT2D eigenvalue weighted by Crippen LogP contribution is -2.33. The number of allylic oxidation sites excluding steroid dienone is 2. The maximum atomic E-state index is 10.3. The summed E-state index contributed by atoms with van der Waals surface area (Å²) in [5.74, 6) is 6.84. The lowest BCUT2D eigenvalue weighted by Gasteiger charge is -2.29. The van der Waals surface area contributed by atoms with Crippen molar-refractivity contribution >= 4 is 52.7 Å². The highest BCUT2D eigenvalue weighted by Gasteiger charge is 2.29. The fraction of sp³-hybridized carbons (Fsp3) is 0.160. The number of nitrogens with one attached hydrogen (secondary N) is 3. The molecule has 5 N–H and O–H groups in total. The van der Waals surface area contributed by atoms with E-state index in [0.29, 0.717) is 39.1 Å². The Bertz CT molecular complexity index is 1400. The van der Waals surface area contributed by atoms with Gasteiger partial charge in [-0.2, -0.15) is 4.91 Å². The molecule has 0 aliphatic carbocycles. The predicted octanol–water partition coefficient (Wildman–Crippen LogP) is 6.06. The summed E-state index contributed by atoms with van der Waals surface area (Å²) >= 11 is 9.09. The van der Waals surface area contributed by atoms with Gasteiger partial charge in [-0.05, 0) is 29.8 Å². The van der Waals surface area contributed by atoms with E-state index in [9.17, 15) is 4.91 Å². The quantitative estimate of drug-likeness (QED) is 0.0519. The van der Waals surface area contributed by atoms with E-state index < -0.39 is 0 Å². The van der Waals surface area contributed by atoms with Crippen LogP contribution >= 0.6 is 34.7 Å². The summed E-state index contributed by atoms with van der Waals surface area (Å²) in [6.07, 6.45) is 2.44. The van der Waals surface area contributed by atoms with Crippen LogP contribution in [0.1, 0.15) is 11.3 Å². The highest BCUT2D eigenvalue weighted by molar-refractivity contribution is 7.99. The molecule has 2 aromatic carbocycles. The van der Waals surface area contributed by atoms with Crippen LogP contribution in [0.5, 0.6) is 5.75 Å². The van der Waals surface area contributed by atoms with E-state index in [2.05, 4.69) is 20.8 Å². The van der Waals surface area contributed by atoms with Gasteiger partial charge < -0.3 is 26.7 Å². The van der Waals surface area contributed by atoms with Crippen molar-refractivity contribution in [3.8, 4) is 16.3 Å². The summed E-state index contributed by atoms with van der Waals surface area (Å²) in [5, 5.41) is 32.9. The molecule has 1 unspecified atom stereocenters. The van der Waals surface area contributed by atoms with Crippen molar-refractivity contribution in [1.82, 2.24) is 10.3 Å². The van der Waals surface area contributed by atoms with Crippen LogP contribution < -0.4 is 15.9 Å². The Labute approximate surface area is 232 Å². The lowest BCUT2D eigenvalue weighted by atomic mass is 9.91. The minimum Gasteiger partial charge on any atom is -0.492 e. The molecule has 194 valence electrons. The van der Waals surface area contributed by atoms with Crippen molar-refractivity contribution in [2.45, 2.75) is 11.1 Å². The molecule has 0 radical (unpaired) electrons. The van der Waals surface area contributed by atoms with Gasteiger partial charge in [-0.15, -0.1) is 28.2 Å². The average molecular weight is 567 g/mol. The molecular weight excluding hydrogens is 544 g/mol. The smallest absolute Gasteiger partial charge is 0.160 e. The number of dihydropyridines is 1. The summed E-state index contributed by atoms with van der Waals surface area (Å²) in [5.41, 5.74) is 4.43. The monoisotopic (exact) mass is 566 g/mol. The number of thiazole rings is 1. The van der Waals surface area contributed by atoms with Gasteiger partial charge in [0.25, 0.3) is 0 Å². The molecule has 2 heterocycles. The third kappa shape index (κ3) is 6.33. The van der Waals surface area contributed by atoms with Crippen LogP contribution in [0.3, 0.4) is 0 Å². The van der Waals surface area contributed by atoms with Crippen LogP contribution in [-0.4, -0.2) is 35.9 Å². The Morgan fingerprint density at radius 1 is 1.13 bits per heavy atom. The number of halogens is 1. The number of hydrogen-bond donors (Lipinski definition) is 4. The molecule has 1 aromatic heterocycles. The number of benzene rings is 2. The number of nitrogens with zero attached hydrogens (tertiary/aromatic N) is 4. The molecule has 0 saturated carbocycles. The molecule has 1 aliphatic rings. The number of aromatic nitrogens is 1. The third-order valence-electron chi connectivity index (χ3n) is 5.46. The number of thioether (sulfide) groups is 1. The summed E-state index contributed by atoms with van der Waals surface area (Å²) in [7, 11) is 0. The van der Waals surface area contributed by atoms with Gasteiger partial charge in [0.1, 0.15) is 29.3 Å². The Balaban J connectivity index is 1.61. The highest BCUT2D eigenvalue weighted by Crippen LogP contribution is 2.37. The maximum Gasteiger partial charge on any atom is 0.160 e. The minimum absolute atomic E-state index is 0.0593. The normalized spacial score (nSPS) is 15.4. The van der Waals surface area contributed by atoms with Crippen LogP contribution in [-0.2, 0) is 5.75 Å². The van der Waals surface area contributed by atoms with Crippen molar-refractivity contribution in [2.24, 2.45) is 21.4 Å². The van der Waals surface area contributed by atoms with Crippen molar-refractivity contribution in [1.29, 1.82) is 10.8 Å². The van der Waals surface area contributed by atoms with Gasteiger partial charge in [-0.25, -0.2) is 4.98 Å². The number of nitrogens with two attached hydrogens (primary N) is 1. The van der Waals surface area contributed by atoms with Crippen LogP contribution in [0.25, 0.3) is 16.1 Å². The molecule has 1 atom stereocenters. The van der Waals surface area contributed by atoms with E-state index in [1.165, 1.54) is 18.0 Å². The van der Waals surface area contributed by atoms with Crippen LogP contribution in [0, 0.1) is 15.7 Å². The molecule has 0 spiro atoms. The van der Waals surface area contributed by atoms with Gasteiger partial charge in [0.05, 0.1) is 5.69 Å². The SMILES string of the molecule is N=CC1=C(N=NN)NC(SCc2csc(-c3ccc(Cl)cc3)n2)C(C=N)=C1c1ccc(OCCN=O)cc1. The Kier molecular flexibility index (Phi) is 9.35. The Morgan fingerprint density at radius 3 is 2.53 bits per heavy atom. The number of hydrogen-bond acceptors (Lipinski definition) is 11. The minimum atomic E-state index is -0.373. The molecule has 4 rings (SSSR count). The van der Waals surface area contributed by atoms with E-state index in [0.717, 1.165) is 28.0 Å². The van der Waals surface area contributed by atoms with Gasteiger partial charge in [-0.3, -0.25) is 0 Å². The topological polar surface area (TPSA) is 162 Å². The second-order valence-electron chi connectivity index (χ2n) is 7.81. The van der Waals surface area contributed by atoms with Crippen molar-refractivity contribution < 1.29 is 4.74 Å². The summed E-state index contributed by atoms with van der Waals surface area (Å²) in [6, 6.07) is 14.7. The first-order valence-corrected chi connectivity index (χ1v) is 13.6. The average Bonchev–Trinajstić information content (AvgIpc) is 3.41. The van der Waals surface area contributed by atoms with Gasteiger partial charge >= 0.3 is 0 Å². The molecular formula is C25H23ClN8O2S2. The van der Waals surface area contributed by atoms with Gasteiger partial charge in [-0.1, -0.05) is 46.3 Å². The van der Waals surface area contributed by atoms with Crippen LogP contribution in [0.15, 0.2) is 86.4 Å². The van der Waals surface area contributed by atoms with Crippen molar-refractivity contribution in [3.63, 3.8) is 0 Å². The zero-order valence-corrected chi connectivity index (χ0v) is 22.3. The zero-order chi connectivity index (χ0) is 26.9. The summed E-state index contributed by atoms with van der Waals surface area (Å²) < 4.78 is 5.51. The van der Waals surface area contributed by atoms with Crippen LogP contribution in [0.2, 0.25) is 5.02 Å². The van der Waals surface area contributed by atoms with Gasteiger partial charge in [0, 0.05) is 50.9 Å². The van der Waals surface area contributed by atoms with E-state index in [1.807, 2.05) is 41.8 Å². The fourth-order valence-electron chi connectivity index (χ4n) is 3.75. The second kappa shape index (κ2) is 13.1. The standard InChI is InChI=1S/C25H23ClN8O2S2/c26-17-5-1-16(2-6-17)24-31-18(13-37-24)14-38-25-21(12-28)22(20(11-27)23(32-25)33-34-29)15-3-7-19(8-4-15)36-10-9-30-35/h1-8,11-13,25,27-28,32H,9-10,14H2,(H2,29,33). The zero-order valence-electron chi connectivity index (χ0n) is 19.9. The largest absolute Gasteiger partial charge is 0.492 e. The molecule has 13 heteroatoms. The molecule has 0 fully saturated rings. The summed E-state index contributed by atoms with van der Waals surface area (Å²) in [6.45, 7) is 0.243. The van der Waals surface area contributed by atoms with E-state index in [1.54, 1.807) is 23.5 Å². The van der Waals surface area contributed by atoms with Crippen molar-refractivity contribution in [3.05, 3.63) is 92.1 Å². The van der Waals surface area contributed by atoms with E-state index >= 15 is 0 Å². The maximum absolute atomic E-state index is 10.3. The predicted molar refractivity (Wildman–Crippen MR) is 154 cm³/mol. The number of nitroso groups, excluding NO2 is 1. The first-order chi connectivity index (χ1) is 18.6. The molecule has 0 saturated heterocycles. The molecule has 1 aliphatic heterocycles.